The Bertz CT molecular complexity index is 714. The van der Waals surface area contributed by atoms with Crippen molar-refractivity contribution >= 4 is 17.6 Å². The fraction of sp³-hybridized carbons (Fsp3) is 0.556. The van der Waals surface area contributed by atoms with Gasteiger partial charge in [-0.05, 0) is 62.3 Å². The number of benzene rings is 1. The van der Waals surface area contributed by atoms with E-state index in [1.165, 1.54) is 0 Å². The topological polar surface area (TPSA) is 62.7 Å². The van der Waals surface area contributed by atoms with Gasteiger partial charge < -0.3 is 15.4 Å². The predicted octanol–water partition coefficient (Wildman–Crippen LogP) is 3.32. The van der Waals surface area contributed by atoms with Crippen molar-refractivity contribution in [2.45, 2.75) is 51.4 Å². The van der Waals surface area contributed by atoms with Crippen molar-refractivity contribution in [3.05, 3.63) is 29.3 Å². The van der Waals surface area contributed by atoms with Gasteiger partial charge in [-0.3, -0.25) is 4.79 Å². The zero-order chi connectivity index (χ0) is 18.9. The molecule has 5 nitrogen and oxygen atoms in total. The molecule has 0 radical (unpaired) electrons. The number of anilines is 1. The number of carbonyl (C=O) groups excluding carboxylic acids is 1. The Morgan fingerprint density at radius 3 is 2.65 bits per heavy atom. The van der Waals surface area contributed by atoms with E-state index in [0.717, 1.165) is 24.0 Å². The highest BCUT2D eigenvalue weighted by Crippen LogP contribution is 2.38. The zero-order valence-corrected chi connectivity index (χ0v) is 14.7. The summed E-state index contributed by atoms with van der Waals surface area (Å²) in [4.78, 5) is 15.6. The molecule has 3 rings (SSSR count). The van der Waals surface area contributed by atoms with Crippen LogP contribution < -0.4 is 10.6 Å². The summed E-state index contributed by atoms with van der Waals surface area (Å²) in [6, 6.07) is 3.17. The lowest BCUT2D eigenvalue weighted by Crippen LogP contribution is -2.48. The van der Waals surface area contributed by atoms with Gasteiger partial charge in [-0.15, -0.1) is 0 Å². The molecule has 0 bridgehead atoms. The number of nitrogens with zero attached hydrogens (tertiary/aromatic N) is 1. The highest BCUT2D eigenvalue weighted by molar-refractivity contribution is 5.93. The van der Waals surface area contributed by atoms with Gasteiger partial charge in [-0.1, -0.05) is 6.07 Å². The lowest BCUT2D eigenvalue weighted by Gasteiger charge is -2.30. The Labute approximate surface area is 150 Å². The first-order valence-electron chi connectivity index (χ1n) is 8.63. The summed E-state index contributed by atoms with van der Waals surface area (Å²) in [6.07, 6.45) is -2.69. The minimum atomic E-state index is -4.41. The standard InChI is InChI=1S/C18H22F3N3O2/c1-10-3-6-13(7-11(10)2)22-16(25)9-26-17-23-14(12-4-5-12)8-15(24-17)18(19,20)21/h3,6-7,12,14-15H,4-5,8-9H2,1-2H3,(H,22,25)(H,23,24)/t14-,15+/m1/s1. The third-order valence-electron chi connectivity index (χ3n) is 4.76. The first-order valence-corrected chi connectivity index (χ1v) is 8.63. The van der Waals surface area contributed by atoms with Gasteiger partial charge in [0.25, 0.3) is 11.9 Å². The lowest BCUT2D eigenvalue weighted by molar-refractivity contribution is -0.151. The molecule has 8 heteroatoms. The average molecular weight is 369 g/mol. The molecule has 2 N–H and O–H groups in total. The fourth-order valence-electron chi connectivity index (χ4n) is 2.93. The minimum absolute atomic E-state index is 0.0874. The molecule has 0 spiro atoms. The van der Waals surface area contributed by atoms with E-state index in [1.807, 2.05) is 26.0 Å². The van der Waals surface area contributed by atoms with Crippen molar-refractivity contribution in [3.8, 4) is 0 Å². The molecule has 1 fully saturated rings. The maximum absolute atomic E-state index is 13.1. The summed E-state index contributed by atoms with van der Waals surface area (Å²) in [5, 5.41) is 5.57. The van der Waals surface area contributed by atoms with E-state index in [4.69, 9.17) is 4.74 Å². The van der Waals surface area contributed by atoms with Gasteiger partial charge in [0.1, 0.15) is 0 Å². The van der Waals surface area contributed by atoms with Crippen LogP contribution in [-0.2, 0) is 9.53 Å². The number of nitrogens with one attached hydrogen (secondary N) is 2. The van der Waals surface area contributed by atoms with Crippen LogP contribution in [0.25, 0.3) is 0 Å². The molecule has 1 aliphatic carbocycles. The third kappa shape index (κ3) is 4.68. The smallest absolute Gasteiger partial charge is 0.411 e. The van der Waals surface area contributed by atoms with Crippen molar-refractivity contribution < 1.29 is 22.7 Å². The lowest BCUT2D eigenvalue weighted by atomic mass is 10.0. The summed E-state index contributed by atoms with van der Waals surface area (Å²) in [5.41, 5.74) is 2.75. The molecule has 1 aliphatic heterocycles. The molecular weight excluding hydrogens is 347 g/mol. The number of hydrogen-bond acceptors (Lipinski definition) is 4. The monoisotopic (exact) mass is 369 g/mol. The molecule has 26 heavy (non-hydrogen) atoms. The number of ether oxygens (including phenoxy) is 1. The van der Waals surface area contributed by atoms with E-state index < -0.39 is 24.7 Å². The van der Waals surface area contributed by atoms with E-state index in [9.17, 15) is 18.0 Å². The van der Waals surface area contributed by atoms with Crippen LogP contribution in [-0.4, -0.2) is 36.8 Å². The number of aryl methyl sites for hydroxylation is 2. The molecule has 1 saturated carbocycles. The largest absolute Gasteiger partial charge is 0.455 e. The second-order valence-electron chi connectivity index (χ2n) is 6.95. The SMILES string of the molecule is Cc1ccc(NC(=O)COC2=N[C@H](C(F)(F)F)C[C@H](C3CC3)N2)cc1C. The summed E-state index contributed by atoms with van der Waals surface area (Å²) in [6.45, 7) is 3.49. The minimum Gasteiger partial charge on any atom is -0.455 e. The second-order valence-corrected chi connectivity index (χ2v) is 6.95. The average Bonchev–Trinajstić information content (AvgIpc) is 3.40. The van der Waals surface area contributed by atoms with Crippen LogP contribution in [0.2, 0.25) is 0 Å². The Balaban J connectivity index is 1.58. The van der Waals surface area contributed by atoms with Gasteiger partial charge in [0.05, 0.1) is 0 Å². The number of hydrogen-bond donors (Lipinski definition) is 2. The van der Waals surface area contributed by atoms with Gasteiger partial charge in [-0.25, -0.2) is 4.99 Å². The van der Waals surface area contributed by atoms with E-state index >= 15 is 0 Å². The van der Waals surface area contributed by atoms with Crippen LogP contribution in [0.4, 0.5) is 18.9 Å². The van der Waals surface area contributed by atoms with Crippen molar-refractivity contribution in [1.29, 1.82) is 0 Å². The third-order valence-corrected chi connectivity index (χ3v) is 4.76. The van der Waals surface area contributed by atoms with Crippen LogP contribution in [0.3, 0.4) is 0 Å². The highest BCUT2D eigenvalue weighted by atomic mass is 19.4. The van der Waals surface area contributed by atoms with Crippen molar-refractivity contribution in [2.75, 3.05) is 11.9 Å². The van der Waals surface area contributed by atoms with Crippen LogP contribution in [0, 0.1) is 19.8 Å². The van der Waals surface area contributed by atoms with E-state index in [2.05, 4.69) is 15.6 Å². The number of rotatable bonds is 4. The fourth-order valence-corrected chi connectivity index (χ4v) is 2.93. The van der Waals surface area contributed by atoms with Crippen LogP contribution in [0.1, 0.15) is 30.4 Å². The molecule has 0 aromatic heterocycles. The number of aliphatic imine (C=N–C) groups is 1. The molecule has 1 heterocycles. The van der Waals surface area contributed by atoms with Gasteiger partial charge in [-0.2, -0.15) is 13.2 Å². The molecule has 0 unspecified atom stereocenters. The van der Waals surface area contributed by atoms with Crippen molar-refractivity contribution in [2.24, 2.45) is 10.9 Å². The molecule has 2 atom stereocenters. The Morgan fingerprint density at radius 1 is 1.31 bits per heavy atom. The molecular formula is C18H22F3N3O2. The van der Waals surface area contributed by atoms with Crippen LogP contribution in [0.5, 0.6) is 0 Å². The van der Waals surface area contributed by atoms with Gasteiger partial charge >= 0.3 is 6.18 Å². The van der Waals surface area contributed by atoms with Gasteiger partial charge in [0.2, 0.25) is 0 Å². The molecule has 142 valence electrons. The van der Waals surface area contributed by atoms with E-state index in [0.29, 0.717) is 5.69 Å². The predicted molar refractivity (Wildman–Crippen MR) is 92.0 cm³/mol. The summed E-state index contributed by atoms with van der Waals surface area (Å²) >= 11 is 0. The van der Waals surface area contributed by atoms with E-state index in [-0.39, 0.29) is 24.4 Å². The molecule has 1 aromatic rings. The number of amides is 1. The van der Waals surface area contributed by atoms with Crippen molar-refractivity contribution in [3.63, 3.8) is 0 Å². The van der Waals surface area contributed by atoms with Crippen LogP contribution >= 0.6 is 0 Å². The number of halogens is 3. The first-order chi connectivity index (χ1) is 12.2. The quantitative estimate of drug-likeness (QED) is 0.856. The molecule has 1 aromatic carbocycles. The summed E-state index contributed by atoms with van der Waals surface area (Å²) in [5.74, 6) is -0.229. The van der Waals surface area contributed by atoms with Gasteiger partial charge in [0, 0.05) is 11.7 Å². The number of amidine groups is 1. The Morgan fingerprint density at radius 2 is 2.04 bits per heavy atom. The first kappa shape index (κ1) is 18.5. The Hall–Kier alpha value is -2.25. The Kier molecular flexibility index (Phi) is 5.11. The van der Waals surface area contributed by atoms with Gasteiger partial charge in [0.15, 0.2) is 12.6 Å². The number of carbonyl (C=O) groups is 1. The maximum Gasteiger partial charge on any atom is 0.411 e. The van der Waals surface area contributed by atoms with E-state index in [1.54, 1.807) is 6.07 Å². The molecule has 0 saturated heterocycles. The molecule has 2 aliphatic rings. The maximum atomic E-state index is 13.1. The zero-order valence-electron chi connectivity index (χ0n) is 14.7. The number of alkyl halides is 3. The normalized spacial score (nSPS) is 23.0. The summed E-state index contributed by atoms with van der Waals surface area (Å²) < 4.78 is 44.4. The second kappa shape index (κ2) is 7.17. The van der Waals surface area contributed by atoms with Crippen LogP contribution in [0.15, 0.2) is 23.2 Å². The molecule has 1 amide bonds. The van der Waals surface area contributed by atoms with Crippen molar-refractivity contribution in [1.82, 2.24) is 5.32 Å². The summed E-state index contributed by atoms with van der Waals surface area (Å²) in [7, 11) is 0. The highest BCUT2D eigenvalue weighted by Gasteiger charge is 2.46.